The van der Waals surface area contributed by atoms with E-state index in [-0.39, 0.29) is 6.07 Å². The molecule has 1 aromatic carbocycles. The van der Waals surface area contributed by atoms with Crippen molar-refractivity contribution < 1.29 is 31.4 Å². The Morgan fingerprint density at radius 2 is 1.53 bits per heavy atom. The monoisotopic (exact) mass is 229 g/mol. The Kier molecular flexibility index (Phi) is 2.58. The molecule has 1 radical (unpaired) electrons. The summed E-state index contributed by atoms with van der Waals surface area (Å²) in [5.74, 6) is -1.56. The first-order valence-corrected chi connectivity index (χ1v) is 3.52. The molecule has 0 aromatic heterocycles. The van der Waals surface area contributed by atoms with Crippen molar-refractivity contribution >= 4 is 0 Å². The Morgan fingerprint density at radius 3 is 1.87 bits per heavy atom. The third kappa shape index (κ3) is 2.34. The number of halogens is 6. The average molecular weight is 229 g/mol. The van der Waals surface area contributed by atoms with Crippen molar-refractivity contribution in [2.24, 2.45) is 0 Å². The summed E-state index contributed by atoms with van der Waals surface area (Å²) in [6.45, 7) is 0. The SMILES string of the molecule is Oc1[c]ccc(C(F)(F)F)c1C(F)(F)F. The standard InChI is InChI=1S/C8H3F6O/c9-7(10,11)4-2-1-3-5(15)6(4)8(12,13)14/h1-2,15H. The molecule has 0 fully saturated rings. The van der Waals surface area contributed by atoms with Gasteiger partial charge in [0.2, 0.25) is 0 Å². The lowest BCUT2D eigenvalue weighted by Gasteiger charge is -2.15. The number of aromatic hydroxyl groups is 1. The van der Waals surface area contributed by atoms with E-state index in [9.17, 15) is 26.3 Å². The molecule has 7 heteroatoms. The highest BCUT2D eigenvalue weighted by Crippen LogP contribution is 2.43. The minimum Gasteiger partial charge on any atom is -0.507 e. The molecule has 0 saturated carbocycles. The van der Waals surface area contributed by atoms with Crippen molar-refractivity contribution in [3.05, 3.63) is 29.3 Å². The molecule has 0 aliphatic carbocycles. The van der Waals surface area contributed by atoms with E-state index in [1.807, 2.05) is 0 Å². The first-order chi connectivity index (χ1) is 6.64. The average Bonchev–Trinajstić information content (AvgIpc) is 1.99. The fourth-order valence-corrected chi connectivity index (χ4v) is 1.01. The molecule has 0 atom stereocenters. The lowest BCUT2D eigenvalue weighted by atomic mass is 10.1. The summed E-state index contributed by atoms with van der Waals surface area (Å²) in [6.07, 6.45) is -10.4. The molecule has 0 heterocycles. The van der Waals surface area contributed by atoms with Gasteiger partial charge in [-0.1, -0.05) is 0 Å². The van der Waals surface area contributed by atoms with Crippen LogP contribution in [-0.2, 0) is 12.4 Å². The van der Waals surface area contributed by atoms with Gasteiger partial charge in [0, 0.05) is 6.07 Å². The Labute approximate surface area is 79.9 Å². The number of phenolic OH excluding ortho intramolecular Hbond substituents is 1. The third-order valence-corrected chi connectivity index (χ3v) is 1.57. The molecule has 0 unspecified atom stereocenters. The quantitative estimate of drug-likeness (QED) is 0.677. The molecular weight excluding hydrogens is 226 g/mol. The van der Waals surface area contributed by atoms with Crippen LogP contribution in [0.25, 0.3) is 0 Å². The minimum absolute atomic E-state index is 0.211. The Balaban J connectivity index is 3.48. The van der Waals surface area contributed by atoms with Crippen molar-refractivity contribution in [2.75, 3.05) is 0 Å². The maximum Gasteiger partial charge on any atom is 0.420 e. The summed E-state index contributed by atoms with van der Waals surface area (Å²) in [5.41, 5.74) is -4.04. The number of benzene rings is 1. The topological polar surface area (TPSA) is 20.2 Å². The Bertz CT molecular complexity index is 364. The van der Waals surface area contributed by atoms with Crippen molar-refractivity contribution in [1.29, 1.82) is 0 Å². The predicted octanol–water partition coefficient (Wildman–Crippen LogP) is 3.23. The van der Waals surface area contributed by atoms with E-state index < -0.39 is 29.2 Å². The van der Waals surface area contributed by atoms with E-state index in [0.29, 0.717) is 6.07 Å². The van der Waals surface area contributed by atoms with Crippen LogP contribution >= 0.6 is 0 Å². The molecule has 0 aliphatic heterocycles. The molecule has 15 heavy (non-hydrogen) atoms. The zero-order valence-corrected chi connectivity index (χ0v) is 6.87. The zero-order valence-electron chi connectivity index (χ0n) is 6.87. The first-order valence-electron chi connectivity index (χ1n) is 3.52. The van der Waals surface area contributed by atoms with Gasteiger partial charge in [-0.2, -0.15) is 26.3 Å². The van der Waals surface area contributed by atoms with Crippen LogP contribution < -0.4 is 0 Å². The fourth-order valence-electron chi connectivity index (χ4n) is 1.01. The van der Waals surface area contributed by atoms with Crippen molar-refractivity contribution in [2.45, 2.75) is 12.4 Å². The van der Waals surface area contributed by atoms with Crippen LogP contribution in [0.1, 0.15) is 11.1 Å². The van der Waals surface area contributed by atoms with Gasteiger partial charge >= 0.3 is 12.4 Å². The molecule has 0 aliphatic rings. The summed E-state index contributed by atoms with van der Waals surface area (Å²) < 4.78 is 72.9. The highest BCUT2D eigenvalue weighted by atomic mass is 19.4. The summed E-state index contributed by atoms with van der Waals surface area (Å²) in [4.78, 5) is 0. The fraction of sp³-hybridized carbons (Fsp3) is 0.250. The predicted molar refractivity (Wildman–Crippen MR) is 36.9 cm³/mol. The maximum atomic E-state index is 12.2. The number of hydrogen-bond acceptors (Lipinski definition) is 1. The molecular formula is C8H3F6O. The minimum atomic E-state index is -5.27. The van der Waals surface area contributed by atoms with Crippen molar-refractivity contribution in [3.8, 4) is 5.75 Å². The summed E-state index contributed by atoms with van der Waals surface area (Å²) in [6, 6.07) is 2.44. The normalized spacial score (nSPS) is 12.9. The van der Waals surface area contributed by atoms with Crippen LogP contribution in [0.3, 0.4) is 0 Å². The van der Waals surface area contributed by atoms with Crippen molar-refractivity contribution in [3.63, 3.8) is 0 Å². The van der Waals surface area contributed by atoms with Crippen LogP contribution in [0.15, 0.2) is 12.1 Å². The van der Waals surface area contributed by atoms with Gasteiger partial charge in [0.05, 0.1) is 5.56 Å². The Hall–Kier alpha value is -1.40. The molecule has 0 spiro atoms. The third-order valence-electron chi connectivity index (χ3n) is 1.57. The van der Waals surface area contributed by atoms with E-state index in [1.165, 1.54) is 0 Å². The molecule has 0 saturated heterocycles. The summed E-state index contributed by atoms with van der Waals surface area (Å²) in [7, 11) is 0. The van der Waals surface area contributed by atoms with E-state index in [0.717, 1.165) is 0 Å². The summed E-state index contributed by atoms with van der Waals surface area (Å²) >= 11 is 0. The molecule has 1 N–H and O–H groups in total. The van der Waals surface area contributed by atoms with Crippen LogP contribution in [-0.4, -0.2) is 5.11 Å². The van der Waals surface area contributed by atoms with Crippen LogP contribution in [0.5, 0.6) is 5.75 Å². The lowest BCUT2D eigenvalue weighted by molar-refractivity contribution is -0.163. The van der Waals surface area contributed by atoms with Gasteiger partial charge in [-0.15, -0.1) is 0 Å². The van der Waals surface area contributed by atoms with E-state index in [1.54, 1.807) is 6.07 Å². The van der Waals surface area contributed by atoms with Gasteiger partial charge in [-0.05, 0) is 12.1 Å². The molecule has 1 rings (SSSR count). The molecule has 83 valence electrons. The van der Waals surface area contributed by atoms with E-state index in [4.69, 9.17) is 5.11 Å². The van der Waals surface area contributed by atoms with Gasteiger partial charge in [0.1, 0.15) is 11.3 Å². The first kappa shape index (κ1) is 11.7. The molecule has 1 aromatic rings. The largest absolute Gasteiger partial charge is 0.507 e. The van der Waals surface area contributed by atoms with E-state index >= 15 is 0 Å². The van der Waals surface area contributed by atoms with Gasteiger partial charge in [0.25, 0.3) is 0 Å². The smallest absolute Gasteiger partial charge is 0.420 e. The number of phenols is 1. The second-order valence-electron chi connectivity index (χ2n) is 2.61. The van der Waals surface area contributed by atoms with Crippen molar-refractivity contribution in [1.82, 2.24) is 0 Å². The van der Waals surface area contributed by atoms with E-state index in [2.05, 4.69) is 0 Å². The van der Waals surface area contributed by atoms with Crippen LogP contribution in [0.2, 0.25) is 0 Å². The highest BCUT2D eigenvalue weighted by Gasteiger charge is 2.45. The molecule has 1 nitrogen and oxygen atoms in total. The summed E-state index contributed by atoms with van der Waals surface area (Å²) in [5, 5.41) is 8.71. The lowest BCUT2D eigenvalue weighted by Crippen LogP contribution is -2.16. The molecule has 0 bridgehead atoms. The van der Waals surface area contributed by atoms with Gasteiger partial charge in [0.15, 0.2) is 0 Å². The van der Waals surface area contributed by atoms with Crippen LogP contribution in [0, 0.1) is 6.07 Å². The maximum absolute atomic E-state index is 12.2. The van der Waals surface area contributed by atoms with Gasteiger partial charge in [-0.3, -0.25) is 0 Å². The highest BCUT2D eigenvalue weighted by molar-refractivity contribution is 5.42. The number of rotatable bonds is 0. The number of hydrogen-bond donors (Lipinski definition) is 1. The Morgan fingerprint density at radius 1 is 1.00 bits per heavy atom. The second kappa shape index (κ2) is 3.32. The zero-order chi connectivity index (χ0) is 11.9. The van der Waals surface area contributed by atoms with Crippen LogP contribution in [0.4, 0.5) is 26.3 Å². The number of alkyl halides is 6. The molecule has 0 amide bonds. The van der Waals surface area contributed by atoms with Gasteiger partial charge in [-0.25, -0.2) is 0 Å². The second-order valence-corrected chi connectivity index (χ2v) is 2.61. The van der Waals surface area contributed by atoms with Gasteiger partial charge < -0.3 is 5.11 Å².